The Morgan fingerprint density at radius 2 is 1.94 bits per heavy atom. The van der Waals surface area contributed by atoms with Gasteiger partial charge in [0.25, 0.3) is 5.91 Å². The molecule has 3 aromatic rings. The molecule has 0 radical (unpaired) electrons. The third kappa shape index (κ3) is 3.91. The van der Waals surface area contributed by atoms with Crippen LogP contribution in [0.1, 0.15) is 22.3 Å². The number of urea groups is 1. The van der Waals surface area contributed by atoms with Crippen LogP contribution in [0, 0.1) is 19.7 Å². The summed E-state index contributed by atoms with van der Waals surface area (Å²) in [6.07, 6.45) is 0. The topological polar surface area (TPSA) is 61.9 Å². The van der Waals surface area contributed by atoms with Crippen LogP contribution >= 0.6 is 11.8 Å². The Balaban J connectivity index is 1.54. The van der Waals surface area contributed by atoms with Gasteiger partial charge in [0.15, 0.2) is 4.87 Å². The fraction of sp³-hybridized carbons (Fsp3) is 0.259. The fourth-order valence-electron chi connectivity index (χ4n) is 4.71. The molecule has 1 unspecified atom stereocenters. The van der Waals surface area contributed by atoms with Crippen LogP contribution in [0.2, 0.25) is 0 Å². The highest BCUT2D eigenvalue weighted by molar-refractivity contribution is 8.01. The zero-order chi connectivity index (χ0) is 24.7. The molecule has 1 atom stereocenters. The van der Waals surface area contributed by atoms with Crippen molar-refractivity contribution in [2.75, 3.05) is 29.6 Å². The summed E-state index contributed by atoms with van der Waals surface area (Å²) >= 11 is 1.44. The number of methoxy groups -OCH3 is 1. The molecule has 0 bridgehead atoms. The second kappa shape index (κ2) is 8.92. The van der Waals surface area contributed by atoms with Crippen LogP contribution < -0.4 is 15.0 Å². The number of nitrogens with one attached hydrogen (secondary N) is 1. The van der Waals surface area contributed by atoms with Crippen molar-refractivity contribution in [2.45, 2.75) is 25.3 Å². The third-order valence-corrected chi connectivity index (χ3v) is 8.05. The van der Waals surface area contributed by atoms with E-state index in [4.69, 9.17) is 4.74 Å². The Morgan fingerprint density at radius 1 is 1.11 bits per heavy atom. The van der Waals surface area contributed by atoms with E-state index in [1.54, 1.807) is 35.1 Å². The van der Waals surface area contributed by atoms with Gasteiger partial charge in [0.2, 0.25) is 0 Å². The summed E-state index contributed by atoms with van der Waals surface area (Å²) in [5, 5.41) is 2.98. The summed E-state index contributed by atoms with van der Waals surface area (Å²) in [5.41, 5.74) is 4.96. The smallest absolute Gasteiger partial charge is 0.323 e. The van der Waals surface area contributed by atoms with Crippen molar-refractivity contribution < 1.29 is 18.7 Å². The van der Waals surface area contributed by atoms with Gasteiger partial charge >= 0.3 is 6.03 Å². The maximum Gasteiger partial charge on any atom is 0.323 e. The summed E-state index contributed by atoms with van der Waals surface area (Å²) in [6, 6.07) is 17.1. The van der Waals surface area contributed by atoms with Crippen molar-refractivity contribution in [1.82, 2.24) is 4.90 Å². The van der Waals surface area contributed by atoms with Gasteiger partial charge in [-0.15, -0.1) is 11.8 Å². The highest BCUT2D eigenvalue weighted by Gasteiger charge is 2.59. The zero-order valence-corrected chi connectivity index (χ0v) is 20.6. The van der Waals surface area contributed by atoms with Crippen LogP contribution in [-0.2, 0) is 16.2 Å². The number of rotatable bonds is 4. The summed E-state index contributed by atoms with van der Waals surface area (Å²) < 4.78 is 19.3. The largest absolute Gasteiger partial charge is 0.497 e. The van der Waals surface area contributed by atoms with Crippen molar-refractivity contribution >= 4 is 35.1 Å². The van der Waals surface area contributed by atoms with Crippen molar-refractivity contribution in [3.63, 3.8) is 0 Å². The minimum Gasteiger partial charge on any atom is -0.497 e. The standard InChI is InChI=1S/C27H26FN3O3S/c1-17-7-8-21(13-18(17)2)29-26(33)31-11-12-35-27(31)23-15-22(34-3)9-10-24(23)30(25(27)32)16-19-5-4-6-20(28)14-19/h4-10,13-15H,11-12,16H2,1-3H3,(H,29,33). The van der Waals surface area contributed by atoms with E-state index in [2.05, 4.69) is 5.32 Å². The van der Waals surface area contributed by atoms with Crippen LogP contribution in [0.5, 0.6) is 5.75 Å². The van der Waals surface area contributed by atoms with Crippen molar-refractivity contribution in [3.8, 4) is 5.75 Å². The van der Waals surface area contributed by atoms with E-state index in [1.165, 1.54) is 23.9 Å². The Bertz CT molecular complexity index is 1330. The van der Waals surface area contributed by atoms with Crippen molar-refractivity contribution in [1.29, 1.82) is 0 Å². The van der Waals surface area contributed by atoms with E-state index in [9.17, 15) is 14.0 Å². The molecule has 5 rings (SSSR count). The Hall–Kier alpha value is -3.52. The second-order valence-corrected chi connectivity index (χ2v) is 10.1. The van der Waals surface area contributed by atoms with Gasteiger partial charge in [-0.1, -0.05) is 18.2 Å². The number of thioether (sulfide) groups is 1. The van der Waals surface area contributed by atoms with Gasteiger partial charge in [-0.2, -0.15) is 0 Å². The summed E-state index contributed by atoms with van der Waals surface area (Å²) in [4.78, 5) is 29.7. The highest BCUT2D eigenvalue weighted by Crippen LogP contribution is 2.55. The lowest BCUT2D eigenvalue weighted by Gasteiger charge is -2.33. The number of nitrogens with zero attached hydrogens (tertiary/aromatic N) is 2. The minimum absolute atomic E-state index is 0.199. The number of hydrogen-bond acceptors (Lipinski definition) is 4. The minimum atomic E-state index is -1.22. The molecule has 2 aliphatic heterocycles. The third-order valence-electron chi connectivity index (χ3n) is 6.63. The lowest BCUT2D eigenvalue weighted by Crippen LogP contribution is -2.51. The molecule has 3 aromatic carbocycles. The lowest BCUT2D eigenvalue weighted by atomic mass is 10.1. The highest BCUT2D eigenvalue weighted by atomic mass is 32.2. The average molecular weight is 492 g/mol. The number of anilines is 2. The Morgan fingerprint density at radius 3 is 2.69 bits per heavy atom. The molecule has 6 nitrogen and oxygen atoms in total. The normalized spacial score (nSPS) is 18.8. The number of fused-ring (bicyclic) bond motifs is 2. The Kier molecular flexibility index (Phi) is 5.92. The molecular weight excluding hydrogens is 465 g/mol. The number of carbonyl (C=O) groups is 2. The molecular formula is C27H26FN3O3S. The molecule has 1 N–H and O–H groups in total. The number of halogens is 1. The summed E-state index contributed by atoms with van der Waals surface area (Å²) in [6.45, 7) is 4.62. The van der Waals surface area contributed by atoms with Gasteiger partial charge in [0, 0.05) is 23.5 Å². The number of hydrogen-bond donors (Lipinski definition) is 1. The van der Waals surface area contributed by atoms with Crippen LogP contribution in [0.25, 0.3) is 0 Å². The van der Waals surface area contributed by atoms with E-state index in [0.29, 0.717) is 40.5 Å². The molecule has 3 amide bonds. The molecule has 1 saturated heterocycles. The molecule has 0 saturated carbocycles. The van der Waals surface area contributed by atoms with Crippen LogP contribution in [0.4, 0.5) is 20.6 Å². The maximum atomic E-state index is 14.1. The Labute approximate surface area is 208 Å². The monoisotopic (exact) mass is 491 g/mol. The molecule has 35 heavy (non-hydrogen) atoms. The molecule has 2 aliphatic rings. The zero-order valence-electron chi connectivity index (χ0n) is 19.8. The number of benzene rings is 3. The summed E-state index contributed by atoms with van der Waals surface area (Å²) in [7, 11) is 1.57. The molecule has 0 aliphatic carbocycles. The van der Waals surface area contributed by atoms with E-state index in [0.717, 1.165) is 11.1 Å². The van der Waals surface area contributed by atoms with E-state index in [-0.39, 0.29) is 24.3 Å². The van der Waals surface area contributed by atoms with Gasteiger partial charge in [-0.3, -0.25) is 9.69 Å². The van der Waals surface area contributed by atoms with E-state index in [1.807, 2.05) is 44.2 Å². The molecule has 8 heteroatoms. The average Bonchev–Trinajstić information content (AvgIpc) is 3.38. The summed E-state index contributed by atoms with van der Waals surface area (Å²) in [5.74, 6) is 0.632. The molecule has 180 valence electrons. The SMILES string of the molecule is COc1ccc2c(c1)C1(SCCN1C(=O)Nc1ccc(C)c(C)c1)C(=O)N2Cc1cccc(F)c1. The number of aryl methyl sites for hydroxylation is 2. The van der Waals surface area contributed by atoms with E-state index >= 15 is 0 Å². The van der Waals surface area contributed by atoms with Gasteiger partial charge in [-0.05, 0) is 73.0 Å². The van der Waals surface area contributed by atoms with Crippen LogP contribution in [-0.4, -0.2) is 36.2 Å². The van der Waals surface area contributed by atoms with Crippen molar-refractivity contribution in [3.05, 3.63) is 88.7 Å². The molecule has 0 aromatic heterocycles. The van der Waals surface area contributed by atoms with Gasteiger partial charge in [0.1, 0.15) is 11.6 Å². The first-order chi connectivity index (χ1) is 16.8. The first-order valence-electron chi connectivity index (χ1n) is 11.4. The molecule has 1 fully saturated rings. The number of ether oxygens (including phenoxy) is 1. The fourth-order valence-corrected chi connectivity index (χ4v) is 6.16. The number of amides is 3. The first-order valence-corrected chi connectivity index (χ1v) is 12.4. The maximum absolute atomic E-state index is 14.1. The van der Waals surface area contributed by atoms with Crippen molar-refractivity contribution in [2.24, 2.45) is 0 Å². The quantitative estimate of drug-likeness (QED) is 0.529. The van der Waals surface area contributed by atoms with Crippen LogP contribution in [0.15, 0.2) is 60.7 Å². The predicted molar refractivity (Wildman–Crippen MR) is 136 cm³/mol. The second-order valence-electron chi connectivity index (χ2n) is 8.78. The molecule has 1 spiro atoms. The van der Waals surface area contributed by atoms with Crippen LogP contribution in [0.3, 0.4) is 0 Å². The van der Waals surface area contributed by atoms with Gasteiger partial charge < -0.3 is 15.0 Å². The number of carbonyl (C=O) groups excluding carboxylic acids is 2. The van der Waals surface area contributed by atoms with Gasteiger partial charge in [-0.25, -0.2) is 9.18 Å². The van der Waals surface area contributed by atoms with Gasteiger partial charge in [0.05, 0.1) is 19.3 Å². The van der Waals surface area contributed by atoms with E-state index < -0.39 is 4.87 Å². The molecule has 2 heterocycles. The predicted octanol–water partition coefficient (Wildman–Crippen LogP) is 5.43. The first kappa shape index (κ1) is 23.2. The lowest BCUT2D eigenvalue weighted by molar-refractivity contribution is -0.123.